The number of hydrogen-bond donors (Lipinski definition) is 0. The first kappa shape index (κ1) is 38.4. The predicted molar refractivity (Wildman–Crippen MR) is 188 cm³/mol. The van der Waals surface area contributed by atoms with Crippen LogP contribution in [-0.4, -0.2) is 82.4 Å². The van der Waals surface area contributed by atoms with Gasteiger partial charge in [0.1, 0.15) is 23.0 Å². The van der Waals surface area contributed by atoms with Crippen LogP contribution in [-0.2, 0) is 36.1 Å². The summed E-state index contributed by atoms with van der Waals surface area (Å²) in [5.74, 6) is -0.351. The van der Waals surface area contributed by atoms with Gasteiger partial charge in [0, 0.05) is 86.8 Å². The van der Waals surface area contributed by atoms with Crippen LogP contribution < -0.4 is 18.9 Å². The second-order valence-electron chi connectivity index (χ2n) is 12.2. The number of benzene rings is 2. The summed E-state index contributed by atoms with van der Waals surface area (Å²) in [7, 11) is -5.52. The van der Waals surface area contributed by atoms with Gasteiger partial charge in [0.15, 0.2) is 0 Å². The van der Waals surface area contributed by atoms with Gasteiger partial charge in [0.25, 0.3) is 0 Å². The standard InChI is InChI=1S/C36H52O12Si2/c1-7-41-49(42-8-2,43-9-3)21-13-19-39-25-15-17-27-29(23-25)47-35(37)33-31(27)34-32(33)28-18-16-26(24-30(28)48-36(34)38)40-20-14-22-50(44-10-4,45-11-5)46-12-6/h15-18,23-24,31-34H,7-14,19-22H2,1-6H3/t31-,32+,33+,34-/m1/s1. The first-order valence-corrected chi connectivity index (χ1v) is 21.9. The van der Waals surface area contributed by atoms with Gasteiger partial charge >= 0.3 is 29.5 Å². The number of carbonyl (C=O) groups is 2. The van der Waals surface area contributed by atoms with Gasteiger partial charge in [-0.05, 0) is 66.5 Å². The molecule has 0 radical (unpaired) electrons. The Morgan fingerprint density at radius 2 is 0.860 bits per heavy atom. The van der Waals surface area contributed by atoms with Crippen molar-refractivity contribution in [3.63, 3.8) is 0 Å². The van der Waals surface area contributed by atoms with Gasteiger partial charge in [-0.2, -0.15) is 0 Å². The van der Waals surface area contributed by atoms with Crippen molar-refractivity contribution in [1.82, 2.24) is 0 Å². The average molecular weight is 733 g/mol. The maximum Gasteiger partial charge on any atom is 0.501 e. The molecular formula is C36H52O12Si2. The molecule has 0 aromatic heterocycles. The van der Waals surface area contributed by atoms with E-state index in [1.165, 1.54) is 0 Å². The summed E-state index contributed by atoms with van der Waals surface area (Å²) >= 11 is 0. The molecular weight excluding hydrogens is 681 g/mol. The molecule has 2 aromatic rings. The van der Waals surface area contributed by atoms with Crippen molar-refractivity contribution in [3.8, 4) is 23.0 Å². The molecule has 0 unspecified atom stereocenters. The highest BCUT2D eigenvalue weighted by Crippen LogP contribution is 2.64. The summed E-state index contributed by atoms with van der Waals surface area (Å²) in [6, 6.07) is 12.2. The molecule has 0 amide bonds. The summed E-state index contributed by atoms with van der Waals surface area (Å²) in [6.45, 7) is 15.5. The monoisotopic (exact) mass is 732 g/mol. The molecule has 5 rings (SSSR count). The summed E-state index contributed by atoms with van der Waals surface area (Å²) in [5.41, 5.74) is 1.62. The van der Waals surface area contributed by atoms with Crippen LogP contribution in [0.15, 0.2) is 36.4 Å². The summed E-state index contributed by atoms with van der Waals surface area (Å²) in [5, 5.41) is 0. The van der Waals surface area contributed by atoms with Crippen molar-refractivity contribution >= 4 is 29.5 Å². The molecule has 3 aliphatic rings. The second-order valence-corrected chi connectivity index (χ2v) is 17.7. The zero-order chi connectivity index (χ0) is 35.7. The van der Waals surface area contributed by atoms with E-state index in [2.05, 4.69) is 0 Å². The third kappa shape index (κ3) is 8.28. The van der Waals surface area contributed by atoms with Crippen molar-refractivity contribution in [2.24, 2.45) is 11.8 Å². The van der Waals surface area contributed by atoms with Crippen LogP contribution in [0.5, 0.6) is 23.0 Å². The molecule has 2 aromatic carbocycles. The van der Waals surface area contributed by atoms with E-state index in [0.29, 0.717) is 101 Å². The quantitative estimate of drug-likeness (QED) is 0.0586. The predicted octanol–water partition coefficient (Wildman–Crippen LogP) is 6.27. The third-order valence-electron chi connectivity index (χ3n) is 9.18. The molecule has 0 spiro atoms. The Kier molecular flexibility index (Phi) is 13.5. The van der Waals surface area contributed by atoms with E-state index in [0.717, 1.165) is 11.1 Å². The summed E-state index contributed by atoms with van der Waals surface area (Å²) in [4.78, 5) is 26.8. The number of rotatable bonds is 22. The Morgan fingerprint density at radius 1 is 0.520 bits per heavy atom. The fourth-order valence-corrected chi connectivity index (χ4v) is 12.5. The first-order chi connectivity index (χ1) is 24.3. The van der Waals surface area contributed by atoms with Crippen LogP contribution >= 0.6 is 0 Å². The highest BCUT2D eigenvalue weighted by molar-refractivity contribution is 6.61. The summed E-state index contributed by atoms with van der Waals surface area (Å²) < 4.78 is 59.4. The van der Waals surface area contributed by atoms with Gasteiger partial charge in [0.05, 0.1) is 25.0 Å². The lowest BCUT2D eigenvalue weighted by molar-refractivity contribution is -0.161. The van der Waals surface area contributed by atoms with Crippen LogP contribution in [0.3, 0.4) is 0 Å². The molecule has 12 nitrogen and oxygen atoms in total. The highest BCUT2D eigenvalue weighted by atomic mass is 28.4. The van der Waals surface area contributed by atoms with Crippen LogP contribution in [0.4, 0.5) is 0 Å². The molecule has 50 heavy (non-hydrogen) atoms. The third-order valence-corrected chi connectivity index (χ3v) is 15.5. The van der Waals surface area contributed by atoms with Gasteiger partial charge in [-0.1, -0.05) is 12.1 Å². The SMILES string of the molecule is CCO[Si](CCCOc1ccc2c(c1)OC(=O)[C@H]1[C@@H]2[C@H]2C(=O)Oc3cc(OCCC[Si](OCC)(OCC)OCC)ccc3[C@H]21)(OCC)OCC. The van der Waals surface area contributed by atoms with Crippen molar-refractivity contribution in [1.29, 1.82) is 0 Å². The van der Waals surface area contributed by atoms with Crippen LogP contribution in [0.25, 0.3) is 0 Å². The molecule has 1 fully saturated rings. The van der Waals surface area contributed by atoms with E-state index in [4.69, 9.17) is 45.5 Å². The number of ether oxygens (including phenoxy) is 4. The van der Waals surface area contributed by atoms with Gasteiger partial charge < -0.3 is 45.5 Å². The zero-order valence-corrected chi connectivity index (χ0v) is 32.2. The Morgan fingerprint density at radius 3 is 1.18 bits per heavy atom. The number of esters is 2. The van der Waals surface area contributed by atoms with Crippen molar-refractivity contribution < 1.29 is 55.1 Å². The number of fused-ring (bicyclic) bond motifs is 8. The minimum absolute atomic E-state index is 0.331. The number of hydrogen-bond acceptors (Lipinski definition) is 12. The fourth-order valence-electron chi connectivity index (χ4n) is 7.36. The molecule has 2 aliphatic heterocycles. The maximum absolute atomic E-state index is 13.4. The Bertz CT molecular complexity index is 1300. The molecule has 0 atom stereocenters. The molecule has 0 saturated heterocycles. The molecule has 1 aliphatic carbocycles. The van der Waals surface area contributed by atoms with Gasteiger partial charge in [-0.3, -0.25) is 9.59 Å². The molecule has 0 N–H and O–H groups in total. The first-order valence-electron chi connectivity index (χ1n) is 18.1. The minimum Gasteiger partial charge on any atom is -0.493 e. The van der Waals surface area contributed by atoms with Crippen molar-refractivity contribution in [2.75, 3.05) is 52.9 Å². The Labute approximate surface area is 297 Å². The molecule has 14 heteroatoms. The minimum atomic E-state index is -2.76. The highest BCUT2D eigenvalue weighted by Gasteiger charge is 2.64. The summed E-state index contributed by atoms with van der Waals surface area (Å²) in [6.07, 6.45) is 1.35. The average Bonchev–Trinajstić information content (AvgIpc) is 3.06. The van der Waals surface area contributed by atoms with Crippen molar-refractivity contribution in [3.05, 3.63) is 47.5 Å². The lowest BCUT2D eigenvalue weighted by atomic mass is 9.51. The smallest absolute Gasteiger partial charge is 0.493 e. The lowest BCUT2D eigenvalue weighted by Gasteiger charge is -2.53. The van der Waals surface area contributed by atoms with Gasteiger partial charge in [-0.25, -0.2) is 0 Å². The van der Waals surface area contributed by atoms with E-state index in [9.17, 15) is 9.59 Å². The van der Waals surface area contributed by atoms with E-state index in [1.807, 2.05) is 65.8 Å². The maximum atomic E-state index is 13.4. The number of carbonyl (C=O) groups excluding carboxylic acids is 2. The molecule has 276 valence electrons. The lowest BCUT2D eigenvalue weighted by Crippen LogP contribution is -2.56. The topological polar surface area (TPSA) is 126 Å². The van der Waals surface area contributed by atoms with Crippen LogP contribution in [0.1, 0.15) is 77.3 Å². The molecule has 0 bridgehead atoms. The van der Waals surface area contributed by atoms with E-state index >= 15 is 0 Å². The van der Waals surface area contributed by atoms with E-state index in [-0.39, 0.29) is 23.8 Å². The van der Waals surface area contributed by atoms with Gasteiger partial charge in [0.2, 0.25) is 0 Å². The zero-order valence-electron chi connectivity index (χ0n) is 30.2. The fraction of sp³-hybridized carbons (Fsp3) is 0.611. The van der Waals surface area contributed by atoms with E-state index in [1.54, 1.807) is 12.1 Å². The van der Waals surface area contributed by atoms with Gasteiger partial charge in [-0.15, -0.1) is 0 Å². The normalized spacial score (nSPS) is 20.8. The Hall–Kier alpha value is -2.83. The van der Waals surface area contributed by atoms with Crippen LogP contribution in [0.2, 0.25) is 12.1 Å². The molecule has 2 heterocycles. The van der Waals surface area contributed by atoms with Crippen molar-refractivity contribution in [2.45, 2.75) is 78.3 Å². The second kappa shape index (κ2) is 17.6. The van der Waals surface area contributed by atoms with Crippen LogP contribution in [0, 0.1) is 11.8 Å². The van der Waals surface area contributed by atoms with E-state index < -0.39 is 29.4 Å². The largest absolute Gasteiger partial charge is 0.501 e. The molecule has 1 saturated carbocycles. The Balaban J connectivity index is 1.20.